The highest BCUT2D eigenvalue weighted by Gasteiger charge is 2.33. The van der Waals surface area contributed by atoms with Gasteiger partial charge >= 0.3 is 0 Å². The van der Waals surface area contributed by atoms with E-state index < -0.39 is 0 Å². The standard InChI is InChI=1S/C16H22ClNO/c1-13(14-8-4-2-5-9-14)15(19)18-16(12-17)10-6-3-7-11-16/h2,4-5,8-9,13H,3,6-7,10-12H2,1H3,(H,18,19). The van der Waals surface area contributed by atoms with Crippen molar-refractivity contribution in [1.29, 1.82) is 0 Å². The molecule has 1 atom stereocenters. The van der Waals surface area contributed by atoms with E-state index in [1.54, 1.807) is 0 Å². The van der Waals surface area contributed by atoms with Crippen molar-refractivity contribution in [3.05, 3.63) is 35.9 Å². The van der Waals surface area contributed by atoms with Crippen LogP contribution in [0.2, 0.25) is 0 Å². The molecule has 1 amide bonds. The Labute approximate surface area is 120 Å². The monoisotopic (exact) mass is 279 g/mol. The zero-order valence-electron chi connectivity index (χ0n) is 11.5. The fourth-order valence-corrected chi connectivity index (χ4v) is 3.12. The van der Waals surface area contributed by atoms with Gasteiger partial charge in [-0.1, -0.05) is 49.6 Å². The summed E-state index contributed by atoms with van der Waals surface area (Å²) in [6.07, 6.45) is 5.58. The number of benzene rings is 1. The van der Waals surface area contributed by atoms with Crippen LogP contribution >= 0.6 is 11.6 Å². The fourth-order valence-electron chi connectivity index (χ4n) is 2.78. The van der Waals surface area contributed by atoms with E-state index >= 15 is 0 Å². The maximum atomic E-state index is 12.4. The highest BCUT2D eigenvalue weighted by molar-refractivity contribution is 6.18. The Morgan fingerprint density at radius 3 is 2.47 bits per heavy atom. The molecule has 1 aliphatic carbocycles. The summed E-state index contributed by atoms with van der Waals surface area (Å²) in [5.74, 6) is 0.484. The Morgan fingerprint density at radius 2 is 1.89 bits per heavy atom. The van der Waals surface area contributed by atoms with Crippen molar-refractivity contribution in [1.82, 2.24) is 5.32 Å². The van der Waals surface area contributed by atoms with Gasteiger partial charge in [0.05, 0.1) is 11.5 Å². The maximum Gasteiger partial charge on any atom is 0.227 e. The molecule has 1 unspecified atom stereocenters. The molecular formula is C16H22ClNO. The topological polar surface area (TPSA) is 29.1 Å². The number of amides is 1. The quantitative estimate of drug-likeness (QED) is 0.834. The molecule has 0 aromatic heterocycles. The van der Waals surface area contributed by atoms with Crippen molar-refractivity contribution in [2.75, 3.05) is 5.88 Å². The van der Waals surface area contributed by atoms with E-state index in [9.17, 15) is 4.79 Å². The van der Waals surface area contributed by atoms with Gasteiger partial charge in [-0.25, -0.2) is 0 Å². The summed E-state index contributed by atoms with van der Waals surface area (Å²) in [7, 11) is 0. The molecule has 2 nitrogen and oxygen atoms in total. The van der Waals surface area contributed by atoms with E-state index in [2.05, 4.69) is 5.32 Å². The van der Waals surface area contributed by atoms with Crippen LogP contribution in [0.4, 0.5) is 0 Å². The summed E-state index contributed by atoms with van der Waals surface area (Å²) in [5.41, 5.74) is 0.875. The van der Waals surface area contributed by atoms with Gasteiger partial charge in [-0.15, -0.1) is 11.6 Å². The third-order valence-corrected chi connectivity index (χ3v) is 4.66. The number of hydrogen-bond donors (Lipinski definition) is 1. The molecule has 1 aromatic carbocycles. The van der Waals surface area contributed by atoms with Crippen molar-refractivity contribution < 1.29 is 4.79 Å². The number of halogens is 1. The number of hydrogen-bond acceptors (Lipinski definition) is 1. The Morgan fingerprint density at radius 1 is 1.26 bits per heavy atom. The minimum Gasteiger partial charge on any atom is -0.349 e. The van der Waals surface area contributed by atoms with Crippen molar-refractivity contribution in [3.8, 4) is 0 Å². The lowest BCUT2D eigenvalue weighted by Crippen LogP contribution is -2.52. The lowest BCUT2D eigenvalue weighted by atomic mass is 9.82. The van der Waals surface area contributed by atoms with Gasteiger partial charge in [-0.3, -0.25) is 4.79 Å². The molecule has 0 heterocycles. The van der Waals surface area contributed by atoms with Crippen LogP contribution in [0, 0.1) is 0 Å². The highest BCUT2D eigenvalue weighted by atomic mass is 35.5. The molecule has 1 saturated carbocycles. The Balaban J connectivity index is 2.03. The van der Waals surface area contributed by atoms with Gasteiger partial charge in [-0.05, 0) is 25.3 Å². The molecular weight excluding hydrogens is 258 g/mol. The van der Waals surface area contributed by atoms with E-state index in [1.165, 1.54) is 6.42 Å². The summed E-state index contributed by atoms with van der Waals surface area (Å²) in [4.78, 5) is 12.4. The zero-order valence-corrected chi connectivity index (χ0v) is 12.2. The molecule has 1 aliphatic rings. The van der Waals surface area contributed by atoms with Crippen LogP contribution in [0.1, 0.15) is 50.5 Å². The third-order valence-electron chi connectivity index (χ3n) is 4.15. The first-order chi connectivity index (χ1) is 9.17. The number of carbonyl (C=O) groups excluding carboxylic acids is 1. The number of carbonyl (C=O) groups is 1. The molecule has 19 heavy (non-hydrogen) atoms. The van der Waals surface area contributed by atoms with Gasteiger partial charge in [-0.2, -0.15) is 0 Å². The van der Waals surface area contributed by atoms with Crippen LogP contribution in [0.5, 0.6) is 0 Å². The first-order valence-electron chi connectivity index (χ1n) is 7.10. The second-order valence-electron chi connectivity index (χ2n) is 5.60. The third kappa shape index (κ3) is 3.50. The average Bonchev–Trinajstić information content (AvgIpc) is 2.48. The van der Waals surface area contributed by atoms with E-state index in [1.807, 2.05) is 37.3 Å². The van der Waals surface area contributed by atoms with Gasteiger partial charge in [0.1, 0.15) is 0 Å². The largest absolute Gasteiger partial charge is 0.349 e. The van der Waals surface area contributed by atoms with Gasteiger partial charge < -0.3 is 5.32 Å². The van der Waals surface area contributed by atoms with Crippen molar-refractivity contribution in [3.63, 3.8) is 0 Å². The summed E-state index contributed by atoms with van der Waals surface area (Å²) < 4.78 is 0. The van der Waals surface area contributed by atoms with Crippen molar-refractivity contribution in [2.24, 2.45) is 0 Å². The zero-order chi connectivity index (χ0) is 13.7. The summed E-state index contributed by atoms with van der Waals surface area (Å²) in [5, 5.41) is 3.21. The fraction of sp³-hybridized carbons (Fsp3) is 0.562. The average molecular weight is 280 g/mol. The van der Waals surface area contributed by atoms with Gasteiger partial charge in [0.15, 0.2) is 0 Å². The molecule has 0 aliphatic heterocycles. The first-order valence-corrected chi connectivity index (χ1v) is 7.63. The van der Waals surface area contributed by atoms with Crippen LogP contribution < -0.4 is 5.32 Å². The Bertz CT molecular complexity index is 412. The van der Waals surface area contributed by atoms with E-state index in [0.29, 0.717) is 5.88 Å². The van der Waals surface area contributed by atoms with Crippen molar-refractivity contribution in [2.45, 2.75) is 50.5 Å². The number of nitrogens with one attached hydrogen (secondary N) is 1. The van der Waals surface area contributed by atoms with Crippen LogP contribution in [-0.2, 0) is 4.79 Å². The molecule has 0 saturated heterocycles. The normalized spacial score (nSPS) is 19.7. The molecule has 0 spiro atoms. The molecule has 0 bridgehead atoms. The van der Waals surface area contributed by atoms with Crippen LogP contribution in [0.3, 0.4) is 0 Å². The minimum atomic E-state index is -0.181. The second-order valence-corrected chi connectivity index (χ2v) is 5.86. The highest BCUT2D eigenvalue weighted by Crippen LogP contribution is 2.30. The van der Waals surface area contributed by atoms with Crippen LogP contribution in [0.25, 0.3) is 0 Å². The van der Waals surface area contributed by atoms with Crippen molar-refractivity contribution >= 4 is 17.5 Å². The summed E-state index contributed by atoms with van der Waals surface area (Å²) in [6, 6.07) is 9.90. The second kappa shape index (κ2) is 6.42. The smallest absolute Gasteiger partial charge is 0.227 e. The van der Waals surface area contributed by atoms with E-state index in [0.717, 1.165) is 31.2 Å². The molecule has 1 fully saturated rings. The maximum absolute atomic E-state index is 12.4. The number of rotatable bonds is 4. The molecule has 0 radical (unpaired) electrons. The number of alkyl halides is 1. The minimum absolute atomic E-state index is 0.0914. The Hall–Kier alpha value is -1.02. The SMILES string of the molecule is CC(C(=O)NC1(CCl)CCCCC1)c1ccccc1. The van der Waals surface area contributed by atoms with E-state index in [-0.39, 0.29) is 17.4 Å². The predicted octanol–water partition coefficient (Wildman–Crippen LogP) is 3.85. The molecule has 1 aromatic rings. The van der Waals surface area contributed by atoms with E-state index in [4.69, 9.17) is 11.6 Å². The lowest BCUT2D eigenvalue weighted by molar-refractivity contribution is -0.124. The first kappa shape index (κ1) is 14.4. The molecule has 104 valence electrons. The summed E-state index contributed by atoms with van der Waals surface area (Å²) >= 11 is 6.12. The lowest BCUT2D eigenvalue weighted by Gasteiger charge is -2.37. The molecule has 1 N–H and O–H groups in total. The van der Waals surface area contributed by atoms with Gasteiger partial charge in [0.2, 0.25) is 5.91 Å². The Kier molecular flexibility index (Phi) is 4.87. The summed E-state index contributed by atoms with van der Waals surface area (Å²) in [6.45, 7) is 1.95. The van der Waals surface area contributed by atoms with Gasteiger partial charge in [0.25, 0.3) is 0 Å². The molecule has 2 rings (SSSR count). The predicted molar refractivity (Wildman–Crippen MR) is 79.5 cm³/mol. The molecule has 3 heteroatoms. The van der Waals surface area contributed by atoms with Crippen LogP contribution in [-0.4, -0.2) is 17.3 Å². The van der Waals surface area contributed by atoms with Crippen LogP contribution in [0.15, 0.2) is 30.3 Å². The van der Waals surface area contributed by atoms with Gasteiger partial charge in [0, 0.05) is 5.88 Å².